The van der Waals surface area contributed by atoms with E-state index in [-0.39, 0.29) is 12.1 Å². The lowest BCUT2D eigenvalue weighted by molar-refractivity contribution is 0.290. The molecule has 1 saturated heterocycles. The fourth-order valence-corrected chi connectivity index (χ4v) is 1.60. The molecule has 6 nitrogen and oxygen atoms in total. The van der Waals surface area contributed by atoms with Crippen molar-refractivity contribution in [3.05, 3.63) is 5.69 Å². The summed E-state index contributed by atoms with van der Waals surface area (Å²) in [7, 11) is 0. The van der Waals surface area contributed by atoms with Gasteiger partial charge in [-0.3, -0.25) is 0 Å². The fraction of sp³-hybridized carbons (Fsp3) is 0.714. The van der Waals surface area contributed by atoms with Crippen molar-refractivity contribution in [2.24, 2.45) is 5.73 Å². The molecule has 13 heavy (non-hydrogen) atoms. The van der Waals surface area contributed by atoms with Crippen molar-refractivity contribution in [3.63, 3.8) is 0 Å². The molecule has 2 heterocycles. The Morgan fingerprint density at radius 3 is 2.92 bits per heavy atom. The number of anilines is 1. The van der Waals surface area contributed by atoms with Crippen LogP contribution in [0.2, 0.25) is 0 Å². The van der Waals surface area contributed by atoms with Gasteiger partial charge in [-0.1, -0.05) is 5.16 Å². The van der Waals surface area contributed by atoms with Crippen LogP contribution in [0.3, 0.4) is 0 Å². The summed E-state index contributed by atoms with van der Waals surface area (Å²) in [6, 6.07) is 0.303. The molecular formula is C7H13N5O. The van der Waals surface area contributed by atoms with Gasteiger partial charge in [0.1, 0.15) is 5.69 Å². The number of hydrogen-bond acceptors (Lipinski definition) is 6. The number of rotatable bonds is 1. The number of nitrogen functional groups attached to an aromatic ring is 1. The van der Waals surface area contributed by atoms with E-state index in [1.807, 2.05) is 0 Å². The van der Waals surface area contributed by atoms with Gasteiger partial charge in [0.05, 0.1) is 6.04 Å². The molecule has 1 aromatic heterocycles. The van der Waals surface area contributed by atoms with Crippen LogP contribution in [0.25, 0.3) is 0 Å². The molecule has 6 heteroatoms. The monoisotopic (exact) mass is 183 g/mol. The minimum atomic E-state index is 0.0926. The van der Waals surface area contributed by atoms with Gasteiger partial charge in [-0.25, -0.2) is 4.63 Å². The maximum Gasteiger partial charge on any atom is 0.193 e. The van der Waals surface area contributed by atoms with Crippen molar-refractivity contribution in [1.82, 2.24) is 15.6 Å². The Hall–Kier alpha value is -1.14. The zero-order chi connectivity index (χ0) is 9.26. The minimum Gasteiger partial charge on any atom is -0.379 e. The van der Waals surface area contributed by atoms with E-state index in [0.29, 0.717) is 11.5 Å². The summed E-state index contributed by atoms with van der Waals surface area (Å²) in [4.78, 5) is 0. The average molecular weight is 183 g/mol. The van der Waals surface area contributed by atoms with E-state index in [0.717, 1.165) is 19.4 Å². The molecule has 0 spiro atoms. The molecule has 0 aliphatic carbocycles. The SMILES string of the molecule is Nc1nonc1C1CC(N)CCN1. The van der Waals surface area contributed by atoms with Gasteiger partial charge < -0.3 is 16.8 Å². The highest BCUT2D eigenvalue weighted by Gasteiger charge is 2.24. The van der Waals surface area contributed by atoms with Crippen LogP contribution in [0.1, 0.15) is 24.6 Å². The van der Waals surface area contributed by atoms with Gasteiger partial charge in [0.25, 0.3) is 0 Å². The first kappa shape index (κ1) is 8.46. The molecule has 0 saturated carbocycles. The molecule has 72 valence electrons. The standard InChI is InChI=1S/C7H13N5O/c8-4-1-2-10-5(3-4)6-7(9)12-13-11-6/h4-5,10H,1-3,8H2,(H2,9,12). The largest absolute Gasteiger partial charge is 0.379 e. The highest BCUT2D eigenvalue weighted by molar-refractivity contribution is 5.33. The second kappa shape index (κ2) is 3.31. The molecule has 2 unspecified atom stereocenters. The molecule has 0 amide bonds. The zero-order valence-electron chi connectivity index (χ0n) is 7.23. The van der Waals surface area contributed by atoms with Crippen LogP contribution in [0.5, 0.6) is 0 Å². The van der Waals surface area contributed by atoms with Gasteiger partial charge in [-0.15, -0.1) is 0 Å². The lowest BCUT2D eigenvalue weighted by atomic mass is 9.98. The predicted octanol–water partition coefficient (Wildman–Crippen LogP) is -0.596. The van der Waals surface area contributed by atoms with E-state index < -0.39 is 0 Å². The third-order valence-corrected chi connectivity index (χ3v) is 2.32. The Kier molecular flexibility index (Phi) is 2.15. The molecule has 1 aromatic rings. The van der Waals surface area contributed by atoms with Crippen LogP contribution in [-0.2, 0) is 0 Å². The van der Waals surface area contributed by atoms with Crippen molar-refractivity contribution in [2.45, 2.75) is 24.9 Å². The number of nitrogens with zero attached hydrogens (tertiary/aromatic N) is 2. The molecule has 0 radical (unpaired) electrons. The van der Waals surface area contributed by atoms with Crippen molar-refractivity contribution < 1.29 is 4.63 Å². The highest BCUT2D eigenvalue weighted by Crippen LogP contribution is 2.23. The summed E-state index contributed by atoms with van der Waals surface area (Å²) < 4.78 is 4.53. The summed E-state index contributed by atoms with van der Waals surface area (Å²) in [6.45, 7) is 0.887. The van der Waals surface area contributed by atoms with Crippen LogP contribution in [0, 0.1) is 0 Å². The second-order valence-electron chi connectivity index (χ2n) is 3.33. The second-order valence-corrected chi connectivity index (χ2v) is 3.33. The van der Waals surface area contributed by atoms with Gasteiger partial charge in [0.2, 0.25) is 0 Å². The summed E-state index contributed by atoms with van der Waals surface area (Å²) in [6.07, 6.45) is 1.82. The van der Waals surface area contributed by atoms with Gasteiger partial charge in [-0.05, 0) is 24.5 Å². The molecule has 2 rings (SSSR count). The number of aromatic nitrogens is 2. The van der Waals surface area contributed by atoms with E-state index in [1.54, 1.807) is 0 Å². The van der Waals surface area contributed by atoms with Crippen molar-refractivity contribution in [3.8, 4) is 0 Å². The first-order valence-electron chi connectivity index (χ1n) is 4.34. The van der Waals surface area contributed by atoms with Gasteiger partial charge in [0, 0.05) is 6.04 Å². The first-order valence-corrected chi connectivity index (χ1v) is 4.34. The van der Waals surface area contributed by atoms with Crippen molar-refractivity contribution in [1.29, 1.82) is 0 Å². The molecule has 1 aliphatic heterocycles. The summed E-state index contributed by atoms with van der Waals surface area (Å²) >= 11 is 0. The molecule has 1 aliphatic rings. The third-order valence-electron chi connectivity index (χ3n) is 2.32. The smallest absolute Gasteiger partial charge is 0.193 e. The first-order chi connectivity index (χ1) is 6.27. The number of nitrogens with two attached hydrogens (primary N) is 2. The van der Waals surface area contributed by atoms with E-state index in [9.17, 15) is 0 Å². The molecular weight excluding hydrogens is 170 g/mol. The summed E-state index contributed by atoms with van der Waals surface area (Å²) in [5.74, 6) is 0.353. The van der Waals surface area contributed by atoms with Gasteiger partial charge in [-0.2, -0.15) is 0 Å². The number of hydrogen-bond donors (Lipinski definition) is 3. The highest BCUT2D eigenvalue weighted by atomic mass is 16.6. The summed E-state index contributed by atoms with van der Waals surface area (Å²) in [5.41, 5.74) is 12.1. The topological polar surface area (TPSA) is 103 Å². The van der Waals surface area contributed by atoms with E-state index in [2.05, 4.69) is 20.3 Å². The van der Waals surface area contributed by atoms with Crippen LogP contribution in [-0.4, -0.2) is 22.9 Å². The Morgan fingerprint density at radius 2 is 2.31 bits per heavy atom. The maximum absolute atomic E-state index is 5.82. The molecule has 1 fully saturated rings. The van der Waals surface area contributed by atoms with Crippen LogP contribution in [0.4, 0.5) is 5.82 Å². The predicted molar refractivity (Wildman–Crippen MR) is 46.7 cm³/mol. The minimum absolute atomic E-state index is 0.0926. The quantitative estimate of drug-likeness (QED) is 0.537. The molecule has 0 bridgehead atoms. The van der Waals surface area contributed by atoms with Crippen molar-refractivity contribution in [2.75, 3.05) is 12.3 Å². The Balaban J connectivity index is 2.12. The number of piperidine rings is 1. The van der Waals surface area contributed by atoms with Crippen LogP contribution in [0.15, 0.2) is 4.63 Å². The maximum atomic E-state index is 5.82. The van der Waals surface area contributed by atoms with Gasteiger partial charge in [0.15, 0.2) is 5.82 Å². The number of nitrogens with one attached hydrogen (secondary N) is 1. The summed E-state index contributed by atoms with van der Waals surface area (Å²) in [5, 5.41) is 10.5. The fourth-order valence-electron chi connectivity index (χ4n) is 1.60. The normalized spacial score (nSPS) is 29.0. The van der Waals surface area contributed by atoms with E-state index >= 15 is 0 Å². The van der Waals surface area contributed by atoms with E-state index in [4.69, 9.17) is 11.5 Å². The molecule has 2 atom stereocenters. The zero-order valence-corrected chi connectivity index (χ0v) is 7.23. The van der Waals surface area contributed by atoms with E-state index in [1.165, 1.54) is 0 Å². The Bertz CT molecular complexity index is 286. The van der Waals surface area contributed by atoms with Crippen LogP contribution >= 0.6 is 0 Å². The Morgan fingerprint density at radius 1 is 1.46 bits per heavy atom. The van der Waals surface area contributed by atoms with Crippen molar-refractivity contribution >= 4 is 5.82 Å². The average Bonchev–Trinajstić information content (AvgIpc) is 2.51. The third kappa shape index (κ3) is 1.63. The Labute approximate surface area is 75.6 Å². The molecule has 5 N–H and O–H groups in total. The van der Waals surface area contributed by atoms with Crippen LogP contribution < -0.4 is 16.8 Å². The molecule has 0 aromatic carbocycles. The lowest BCUT2D eigenvalue weighted by Crippen LogP contribution is -2.39. The van der Waals surface area contributed by atoms with Gasteiger partial charge >= 0.3 is 0 Å². The lowest BCUT2D eigenvalue weighted by Gasteiger charge is -2.26.